The number of likely N-dealkylation sites (tertiary alicyclic amines) is 1. The SMILES string of the molecule is CC(C)(C)C(=O)N1CCC(C(=O)Nc2nnc(SCc3cccs3)s2)CC1. The van der Waals surface area contributed by atoms with Crippen LogP contribution in [0.25, 0.3) is 0 Å². The van der Waals surface area contributed by atoms with Crippen molar-refractivity contribution in [2.45, 2.75) is 43.7 Å². The van der Waals surface area contributed by atoms with Gasteiger partial charge in [-0.15, -0.1) is 21.5 Å². The molecule has 1 saturated heterocycles. The van der Waals surface area contributed by atoms with Crippen molar-refractivity contribution in [1.82, 2.24) is 15.1 Å². The number of hydrogen-bond donors (Lipinski definition) is 1. The van der Waals surface area contributed by atoms with Crippen LogP contribution in [0.4, 0.5) is 5.13 Å². The quantitative estimate of drug-likeness (QED) is 0.577. The summed E-state index contributed by atoms with van der Waals surface area (Å²) in [4.78, 5) is 28.0. The monoisotopic (exact) mass is 424 g/mol. The van der Waals surface area contributed by atoms with Gasteiger partial charge in [-0.05, 0) is 24.3 Å². The zero-order valence-electron chi connectivity index (χ0n) is 15.7. The van der Waals surface area contributed by atoms with Crippen LogP contribution in [-0.4, -0.2) is 40.0 Å². The largest absolute Gasteiger partial charge is 0.342 e. The fourth-order valence-corrected chi connectivity index (χ4v) is 5.40. The van der Waals surface area contributed by atoms with Gasteiger partial charge in [0, 0.05) is 35.1 Å². The van der Waals surface area contributed by atoms with E-state index in [4.69, 9.17) is 0 Å². The van der Waals surface area contributed by atoms with E-state index in [1.165, 1.54) is 16.2 Å². The minimum atomic E-state index is -0.376. The first-order valence-corrected chi connectivity index (χ1v) is 11.6. The van der Waals surface area contributed by atoms with Gasteiger partial charge in [0.1, 0.15) is 0 Å². The molecule has 1 aliphatic rings. The molecule has 0 aliphatic carbocycles. The van der Waals surface area contributed by atoms with Gasteiger partial charge in [-0.3, -0.25) is 9.59 Å². The van der Waals surface area contributed by atoms with Crippen molar-refractivity contribution in [3.63, 3.8) is 0 Å². The number of nitrogens with zero attached hydrogens (tertiary/aromatic N) is 3. The molecule has 9 heteroatoms. The highest BCUT2D eigenvalue weighted by Crippen LogP contribution is 2.30. The first-order valence-electron chi connectivity index (χ1n) is 8.92. The summed E-state index contributed by atoms with van der Waals surface area (Å²) >= 11 is 4.75. The van der Waals surface area contributed by atoms with E-state index in [9.17, 15) is 9.59 Å². The molecule has 146 valence electrons. The number of carbonyl (C=O) groups is 2. The standard InChI is InChI=1S/C18H24N4O2S3/c1-18(2,3)15(24)22-8-6-12(7-9-22)14(23)19-16-20-21-17(27-16)26-11-13-5-4-10-25-13/h4-5,10,12H,6-9,11H2,1-3H3,(H,19,20,23). The second-order valence-corrected chi connectivity index (χ2v) is 10.8. The van der Waals surface area contributed by atoms with Crippen molar-refractivity contribution < 1.29 is 9.59 Å². The molecule has 1 fully saturated rings. The first-order chi connectivity index (χ1) is 12.8. The molecule has 27 heavy (non-hydrogen) atoms. The zero-order valence-corrected chi connectivity index (χ0v) is 18.2. The Labute approximate surface area is 171 Å². The molecular weight excluding hydrogens is 400 g/mol. The fourth-order valence-electron chi connectivity index (χ4n) is 2.87. The molecule has 1 aliphatic heterocycles. The van der Waals surface area contributed by atoms with E-state index in [1.807, 2.05) is 31.7 Å². The Balaban J connectivity index is 1.46. The number of anilines is 1. The molecule has 1 N–H and O–H groups in total. The molecule has 3 rings (SSSR count). The van der Waals surface area contributed by atoms with Crippen LogP contribution in [0.1, 0.15) is 38.5 Å². The van der Waals surface area contributed by atoms with Crippen molar-refractivity contribution in [3.8, 4) is 0 Å². The highest BCUT2D eigenvalue weighted by molar-refractivity contribution is 8.00. The van der Waals surface area contributed by atoms with E-state index >= 15 is 0 Å². The van der Waals surface area contributed by atoms with Gasteiger partial charge in [0.15, 0.2) is 4.34 Å². The van der Waals surface area contributed by atoms with Gasteiger partial charge in [-0.2, -0.15) is 0 Å². The summed E-state index contributed by atoms with van der Waals surface area (Å²) in [5.74, 6) is 0.905. The molecular formula is C18H24N4O2S3. The predicted octanol–water partition coefficient (Wildman–Crippen LogP) is 4.12. The van der Waals surface area contributed by atoms with Crippen LogP contribution < -0.4 is 5.32 Å². The van der Waals surface area contributed by atoms with Crippen LogP contribution in [0, 0.1) is 11.3 Å². The third-order valence-electron chi connectivity index (χ3n) is 4.35. The lowest BCUT2D eigenvalue weighted by molar-refractivity contribution is -0.142. The third kappa shape index (κ3) is 5.52. The van der Waals surface area contributed by atoms with E-state index in [0.717, 1.165) is 10.1 Å². The third-order valence-corrected chi connectivity index (χ3v) is 7.43. The molecule has 0 unspecified atom stereocenters. The summed E-state index contributed by atoms with van der Waals surface area (Å²) in [5.41, 5.74) is -0.376. The van der Waals surface area contributed by atoms with Crippen LogP contribution in [0.3, 0.4) is 0 Å². The van der Waals surface area contributed by atoms with E-state index in [-0.39, 0.29) is 23.1 Å². The van der Waals surface area contributed by atoms with Crippen LogP contribution in [0.2, 0.25) is 0 Å². The van der Waals surface area contributed by atoms with Crippen LogP contribution in [0.15, 0.2) is 21.9 Å². The summed E-state index contributed by atoms with van der Waals surface area (Å²) in [7, 11) is 0. The number of piperidine rings is 1. The highest BCUT2D eigenvalue weighted by atomic mass is 32.2. The van der Waals surface area contributed by atoms with E-state index in [1.54, 1.807) is 23.1 Å². The summed E-state index contributed by atoms with van der Waals surface area (Å²) in [6.45, 7) is 7.05. The van der Waals surface area contributed by atoms with Crippen molar-refractivity contribution in [3.05, 3.63) is 22.4 Å². The average Bonchev–Trinajstić information content (AvgIpc) is 3.30. The number of amides is 2. The van der Waals surface area contributed by atoms with Gasteiger partial charge < -0.3 is 10.2 Å². The summed E-state index contributed by atoms with van der Waals surface area (Å²) in [6, 6.07) is 4.13. The number of aromatic nitrogens is 2. The highest BCUT2D eigenvalue weighted by Gasteiger charge is 2.32. The lowest BCUT2D eigenvalue weighted by Gasteiger charge is -2.35. The molecule has 0 radical (unpaired) electrons. The number of rotatable bonds is 5. The molecule has 0 saturated carbocycles. The van der Waals surface area contributed by atoms with Crippen LogP contribution in [0.5, 0.6) is 0 Å². The number of hydrogen-bond acceptors (Lipinski definition) is 7. The Morgan fingerprint density at radius 2 is 2.04 bits per heavy atom. The number of thioether (sulfide) groups is 1. The average molecular weight is 425 g/mol. The predicted molar refractivity (Wildman–Crippen MR) is 111 cm³/mol. The topological polar surface area (TPSA) is 75.2 Å². The van der Waals surface area contributed by atoms with Gasteiger partial charge in [-0.1, -0.05) is 49.9 Å². The Kier molecular flexibility index (Phi) is 6.54. The van der Waals surface area contributed by atoms with Crippen molar-refractivity contribution in [2.24, 2.45) is 11.3 Å². The van der Waals surface area contributed by atoms with E-state index in [2.05, 4.69) is 27.0 Å². The summed E-state index contributed by atoms with van der Waals surface area (Å²) in [5, 5.41) is 13.7. The van der Waals surface area contributed by atoms with Gasteiger partial charge in [-0.25, -0.2) is 0 Å². The van der Waals surface area contributed by atoms with E-state index < -0.39 is 0 Å². The Morgan fingerprint density at radius 1 is 1.30 bits per heavy atom. The Morgan fingerprint density at radius 3 is 2.67 bits per heavy atom. The molecule has 0 atom stereocenters. The lowest BCUT2D eigenvalue weighted by atomic mass is 9.91. The molecule has 6 nitrogen and oxygen atoms in total. The van der Waals surface area contributed by atoms with Crippen molar-refractivity contribution in [2.75, 3.05) is 18.4 Å². The van der Waals surface area contributed by atoms with Gasteiger partial charge in [0.05, 0.1) is 0 Å². The van der Waals surface area contributed by atoms with E-state index in [0.29, 0.717) is 31.1 Å². The lowest BCUT2D eigenvalue weighted by Crippen LogP contribution is -2.45. The van der Waals surface area contributed by atoms with Gasteiger partial charge in [0.25, 0.3) is 0 Å². The van der Waals surface area contributed by atoms with Crippen molar-refractivity contribution >= 4 is 51.4 Å². The smallest absolute Gasteiger partial charge is 0.229 e. The van der Waals surface area contributed by atoms with Crippen LogP contribution >= 0.6 is 34.4 Å². The molecule has 3 heterocycles. The maximum Gasteiger partial charge on any atom is 0.229 e. The molecule has 2 aromatic rings. The molecule has 0 aromatic carbocycles. The van der Waals surface area contributed by atoms with Gasteiger partial charge in [0.2, 0.25) is 16.9 Å². The minimum Gasteiger partial charge on any atom is -0.342 e. The number of thiophene rings is 1. The fraction of sp³-hybridized carbons (Fsp3) is 0.556. The molecule has 0 spiro atoms. The Hall–Kier alpha value is -1.45. The Bertz CT molecular complexity index is 775. The minimum absolute atomic E-state index is 0.0242. The maximum absolute atomic E-state index is 12.5. The van der Waals surface area contributed by atoms with Gasteiger partial charge >= 0.3 is 0 Å². The number of nitrogens with one attached hydrogen (secondary N) is 1. The second kappa shape index (κ2) is 8.70. The maximum atomic E-state index is 12.5. The normalized spacial score (nSPS) is 15.7. The molecule has 2 amide bonds. The molecule has 0 bridgehead atoms. The number of carbonyl (C=O) groups excluding carboxylic acids is 2. The van der Waals surface area contributed by atoms with Crippen molar-refractivity contribution in [1.29, 1.82) is 0 Å². The second-order valence-electron chi connectivity index (χ2n) is 7.55. The molecule has 2 aromatic heterocycles. The summed E-state index contributed by atoms with van der Waals surface area (Å²) in [6.07, 6.45) is 1.37. The summed E-state index contributed by atoms with van der Waals surface area (Å²) < 4.78 is 0.851. The first kappa shape index (κ1) is 20.3. The zero-order chi connectivity index (χ0) is 19.4. The van der Waals surface area contributed by atoms with Crippen LogP contribution in [-0.2, 0) is 15.3 Å².